The van der Waals surface area contributed by atoms with Crippen LogP contribution in [0.4, 0.5) is 5.69 Å². The van der Waals surface area contributed by atoms with Crippen LogP contribution in [-0.4, -0.2) is 19.2 Å². The van der Waals surface area contributed by atoms with Crippen molar-refractivity contribution in [2.45, 2.75) is 0 Å². The molecule has 0 heterocycles. The van der Waals surface area contributed by atoms with E-state index >= 15 is 0 Å². The fourth-order valence-electron chi connectivity index (χ4n) is 0.706. The molecular weight excluding hydrogens is 126 g/mol. The largest absolute Gasteiger partial charge is 0.507 e. The minimum absolute atomic E-state index is 0.186. The van der Waals surface area contributed by atoms with Gasteiger partial charge in [-0.3, -0.25) is 0 Å². The van der Waals surface area contributed by atoms with Gasteiger partial charge in [0, 0.05) is 19.8 Å². The van der Waals surface area contributed by atoms with Crippen molar-refractivity contribution < 1.29 is 5.11 Å². The summed E-state index contributed by atoms with van der Waals surface area (Å²) in [5.41, 5.74) is 0.889. The van der Waals surface area contributed by atoms with E-state index < -0.39 is 0 Å². The number of hydrogen-bond acceptors (Lipinski definition) is 2. The molecule has 2 heteroatoms. The van der Waals surface area contributed by atoms with Gasteiger partial charge in [0.05, 0.1) is 6.07 Å². The molecule has 1 aromatic rings. The highest BCUT2D eigenvalue weighted by atomic mass is 16.3. The van der Waals surface area contributed by atoms with Crippen molar-refractivity contribution in [3.8, 4) is 5.75 Å². The number of phenols is 1. The highest BCUT2D eigenvalue weighted by molar-refractivity contribution is 5.47. The van der Waals surface area contributed by atoms with E-state index in [4.69, 9.17) is 5.11 Å². The Labute approximate surface area is 60.7 Å². The lowest BCUT2D eigenvalue weighted by Gasteiger charge is -2.10. The van der Waals surface area contributed by atoms with Gasteiger partial charge in [-0.1, -0.05) is 6.07 Å². The summed E-state index contributed by atoms with van der Waals surface area (Å²) in [5, 5.41) is 8.98. The summed E-state index contributed by atoms with van der Waals surface area (Å²) in [7, 11) is 3.82. The lowest BCUT2D eigenvalue weighted by Crippen LogP contribution is -2.07. The van der Waals surface area contributed by atoms with Gasteiger partial charge in [0.15, 0.2) is 0 Å². The Hall–Kier alpha value is -1.18. The molecule has 0 atom stereocenters. The van der Waals surface area contributed by atoms with Crippen LogP contribution >= 0.6 is 0 Å². The van der Waals surface area contributed by atoms with Gasteiger partial charge in [0.2, 0.25) is 0 Å². The zero-order chi connectivity index (χ0) is 7.56. The summed E-state index contributed by atoms with van der Waals surface area (Å²) in [6.45, 7) is 0. The second kappa shape index (κ2) is 2.60. The number of rotatable bonds is 1. The minimum atomic E-state index is 0.186. The highest BCUT2D eigenvalue weighted by Crippen LogP contribution is 2.15. The molecule has 1 aromatic carbocycles. The summed E-state index contributed by atoms with van der Waals surface area (Å²) in [5.74, 6) is 0.186. The first-order valence-corrected chi connectivity index (χ1v) is 3.09. The van der Waals surface area contributed by atoms with Crippen LogP contribution in [0.15, 0.2) is 18.2 Å². The van der Waals surface area contributed by atoms with Gasteiger partial charge in [0.1, 0.15) is 5.75 Å². The molecule has 0 unspecified atom stereocenters. The summed E-state index contributed by atoms with van der Waals surface area (Å²) in [6, 6.07) is 8.07. The standard InChI is InChI=1S/C8H10NO/c1-9(2)7-4-3-5-8(10)6-7/h3-5,10H,1-2H3. The molecule has 0 aliphatic rings. The molecule has 0 saturated heterocycles. The van der Waals surface area contributed by atoms with E-state index in [0.29, 0.717) is 0 Å². The third kappa shape index (κ3) is 1.41. The van der Waals surface area contributed by atoms with Gasteiger partial charge >= 0.3 is 0 Å². The zero-order valence-electron chi connectivity index (χ0n) is 6.13. The number of aromatic hydroxyl groups is 1. The summed E-state index contributed by atoms with van der Waals surface area (Å²) in [6.07, 6.45) is 0. The Morgan fingerprint density at radius 1 is 1.40 bits per heavy atom. The first-order chi connectivity index (χ1) is 4.70. The average molecular weight is 136 g/mol. The van der Waals surface area contributed by atoms with E-state index in [1.807, 2.05) is 25.1 Å². The van der Waals surface area contributed by atoms with Crippen molar-refractivity contribution in [2.24, 2.45) is 0 Å². The minimum Gasteiger partial charge on any atom is -0.507 e. The van der Waals surface area contributed by atoms with Gasteiger partial charge in [-0.25, -0.2) is 0 Å². The van der Waals surface area contributed by atoms with Gasteiger partial charge in [0.25, 0.3) is 0 Å². The summed E-state index contributed by atoms with van der Waals surface area (Å²) < 4.78 is 0. The van der Waals surface area contributed by atoms with Crippen LogP contribution in [0.2, 0.25) is 0 Å². The maximum Gasteiger partial charge on any atom is 0.125 e. The number of phenolic OH excluding ortho intramolecular Hbond substituents is 1. The van der Waals surface area contributed by atoms with Crippen molar-refractivity contribution in [3.63, 3.8) is 0 Å². The second-order valence-electron chi connectivity index (χ2n) is 2.32. The number of anilines is 1. The maximum absolute atomic E-state index is 8.98. The molecular formula is C8H10NO. The van der Waals surface area contributed by atoms with Gasteiger partial charge < -0.3 is 10.0 Å². The zero-order valence-corrected chi connectivity index (χ0v) is 6.13. The summed E-state index contributed by atoms with van der Waals surface area (Å²) >= 11 is 0. The quantitative estimate of drug-likeness (QED) is 0.628. The van der Waals surface area contributed by atoms with Crippen molar-refractivity contribution in [1.29, 1.82) is 0 Å². The van der Waals surface area contributed by atoms with Crippen LogP contribution in [0.25, 0.3) is 0 Å². The molecule has 10 heavy (non-hydrogen) atoms. The molecule has 0 spiro atoms. The molecule has 0 fully saturated rings. The molecule has 1 radical (unpaired) electrons. The Kier molecular flexibility index (Phi) is 1.81. The lowest BCUT2D eigenvalue weighted by atomic mass is 10.3. The van der Waals surface area contributed by atoms with E-state index in [2.05, 4.69) is 6.07 Å². The molecule has 53 valence electrons. The molecule has 2 nitrogen and oxygen atoms in total. The van der Waals surface area contributed by atoms with Crippen molar-refractivity contribution in [2.75, 3.05) is 19.0 Å². The third-order valence-corrected chi connectivity index (χ3v) is 1.25. The lowest BCUT2D eigenvalue weighted by molar-refractivity contribution is 0.474. The molecule has 0 aromatic heterocycles. The van der Waals surface area contributed by atoms with Crippen LogP contribution in [0, 0.1) is 6.07 Å². The Balaban J connectivity index is 2.96. The first kappa shape index (κ1) is 6.93. The van der Waals surface area contributed by atoms with Crippen molar-refractivity contribution in [1.82, 2.24) is 0 Å². The average Bonchev–Trinajstić information content (AvgIpc) is 1.88. The Morgan fingerprint density at radius 2 is 2.10 bits per heavy atom. The predicted molar refractivity (Wildman–Crippen MR) is 41.3 cm³/mol. The molecule has 1 rings (SSSR count). The van der Waals surface area contributed by atoms with Gasteiger partial charge in [-0.2, -0.15) is 0 Å². The van der Waals surface area contributed by atoms with E-state index in [0.717, 1.165) is 5.69 Å². The highest BCUT2D eigenvalue weighted by Gasteiger charge is 1.94. The second-order valence-corrected chi connectivity index (χ2v) is 2.32. The van der Waals surface area contributed by atoms with E-state index in [9.17, 15) is 0 Å². The fraction of sp³-hybridized carbons (Fsp3) is 0.250. The monoisotopic (exact) mass is 136 g/mol. The number of nitrogens with zero attached hydrogens (tertiary/aromatic N) is 1. The van der Waals surface area contributed by atoms with Crippen LogP contribution in [-0.2, 0) is 0 Å². The molecule has 0 amide bonds. The van der Waals surface area contributed by atoms with Crippen molar-refractivity contribution >= 4 is 5.69 Å². The first-order valence-electron chi connectivity index (χ1n) is 3.09. The summed E-state index contributed by atoms with van der Waals surface area (Å²) in [4.78, 5) is 1.89. The van der Waals surface area contributed by atoms with Crippen LogP contribution in [0.1, 0.15) is 0 Å². The van der Waals surface area contributed by atoms with Gasteiger partial charge in [-0.05, 0) is 12.1 Å². The predicted octanol–water partition coefficient (Wildman–Crippen LogP) is 1.26. The molecule has 0 bridgehead atoms. The Morgan fingerprint density at radius 3 is 2.50 bits per heavy atom. The third-order valence-electron chi connectivity index (χ3n) is 1.25. The Bertz CT molecular complexity index is 220. The molecule has 0 saturated carbocycles. The van der Waals surface area contributed by atoms with Crippen molar-refractivity contribution in [3.05, 3.63) is 24.3 Å². The van der Waals surface area contributed by atoms with E-state index in [1.54, 1.807) is 12.1 Å². The van der Waals surface area contributed by atoms with E-state index in [1.165, 1.54) is 0 Å². The normalized spacial score (nSPS) is 9.40. The van der Waals surface area contributed by atoms with E-state index in [-0.39, 0.29) is 5.75 Å². The maximum atomic E-state index is 8.98. The van der Waals surface area contributed by atoms with Crippen LogP contribution in [0.5, 0.6) is 5.75 Å². The van der Waals surface area contributed by atoms with Crippen LogP contribution in [0.3, 0.4) is 0 Å². The SMILES string of the molecule is CN(C)c1[c]c(O)ccc1. The smallest absolute Gasteiger partial charge is 0.125 e. The van der Waals surface area contributed by atoms with Crippen LogP contribution < -0.4 is 4.90 Å². The molecule has 0 aliphatic carbocycles. The number of hydrogen-bond donors (Lipinski definition) is 1. The molecule has 1 N–H and O–H groups in total. The van der Waals surface area contributed by atoms with Gasteiger partial charge in [-0.15, -0.1) is 0 Å². The molecule has 0 aliphatic heterocycles. The fourth-order valence-corrected chi connectivity index (χ4v) is 0.706. The number of benzene rings is 1. The topological polar surface area (TPSA) is 23.5 Å².